The maximum Gasteiger partial charge on any atom is 0.250 e. The second-order valence-electron chi connectivity index (χ2n) is 10.7. The molecule has 0 saturated heterocycles. The minimum Gasteiger partial charge on any atom is -0.497 e. The van der Waals surface area contributed by atoms with E-state index in [0.29, 0.717) is 16.7 Å². The lowest BCUT2D eigenvalue weighted by Gasteiger charge is -2.19. The van der Waals surface area contributed by atoms with Crippen molar-refractivity contribution < 1.29 is 14.3 Å². The van der Waals surface area contributed by atoms with Crippen molar-refractivity contribution in [3.63, 3.8) is 0 Å². The minimum atomic E-state index is -0.265. The SMILES string of the molecule is COc1ccc(-n2c(SCC(=O)N/N=C\c3cccc(Oc4ccccc4)c3)nnc2-c2ccc(C(C)(C)C)cc2)cc1. The van der Waals surface area contributed by atoms with Gasteiger partial charge in [-0.1, -0.05) is 87.1 Å². The van der Waals surface area contributed by atoms with Crippen LogP contribution in [-0.2, 0) is 10.2 Å². The fourth-order valence-electron chi connectivity index (χ4n) is 4.26. The number of hydrogen-bond donors (Lipinski definition) is 1. The van der Waals surface area contributed by atoms with E-state index >= 15 is 0 Å². The molecule has 0 saturated carbocycles. The Morgan fingerprint density at radius 1 is 0.884 bits per heavy atom. The van der Waals surface area contributed by atoms with Crippen molar-refractivity contribution in [2.24, 2.45) is 5.10 Å². The lowest BCUT2D eigenvalue weighted by atomic mass is 9.87. The fourth-order valence-corrected chi connectivity index (χ4v) is 5.00. The van der Waals surface area contributed by atoms with Crippen LogP contribution in [-0.4, -0.2) is 39.7 Å². The molecule has 9 heteroatoms. The normalized spacial score (nSPS) is 11.4. The Labute approximate surface area is 255 Å². The van der Waals surface area contributed by atoms with E-state index in [-0.39, 0.29) is 17.1 Å². The van der Waals surface area contributed by atoms with Crippen molar-refractivity contribution in [3.05, 3.63) is 114 Å². The third-order valence-corrected chi connectivity index (χ3v) is 7.47. The maximum atomic E-state index is 12.7. The molecule has 8 nitrogen and oxygen atoms in total. The first-order chi connectivity index (χ1) is 20.8. The molecular formula is C34H33N5O3S. The molecule has 0 aliphatic heterocycles. The summed E-state index contributed by atoms with van der Waals surface area (Å²) < 4.78 is 13.2. The third-order valence-electron chi connectivity index (χ3n) is 6.55. The van der Waals surface area contributed by atoms with Crippen LogP contribution in [0.3, 0.4) is 0 Å². The molecular weight excluding hydrogens is 558 g/mol. The summed E-state index contributed by atoms with van der Waals surface area (Å²) in [6.07, 6.45) is 1.58. The van der Waals surface area contributed by atoms with Crippen LogP contribution in [0.25, 0.3) is 17.1 Å². The largest absolute Gasteiger partial charge is 0.497 e. The molecule has 0 spiro atoms. The highest BCUT2D eigenvalue weighted by atomic mass is 32.2. The highest BCUT2D eigenvalue weighted by Crippen LogP contribution is 2.31. The van der Waals surface area contributed by atoms with Crippen LogP contribution in [0.5, 0.6) is 17.2 Å². The van der Waals surface area contributed by atoms with Gasteiger partial charge in [0.1, 0.15) is 17.2 Å². The number of methoxy groups -OCH3 is 1. The van der Waals surface area contributed by atoms with Crippen LogP contribution in [0.15, 0.2) is 113 Å². The van der Waals surface area contributed by atoms with E-state index < -0.39 is 0 Å². The molecule has 1 amide bonds. The van der Waals surface area contributed by atoms with Crippen LogP contribution in [0.1, 0.15) is 31.9 Å². The molecule has 1 heterocycles. The van der Waals surface area contributed by atoms with Crippen molar-refractivity contribution in [3.8, 4) is 34.3 Å². The molecule has 218 valence electrons. The van der Waals surface area contributed by atoms with Gasteiger partial charge in [0, 0.05) is 11.3 Å². The van der Waals surface area contributed by atoms with Gasteiger partial charge in [-0.2, -0.15) is 5.10 Å². The molecule has 1 N–H and O–H groups in total. The summed E-state index contributed by atoms with van der Waals surface area (Å²) in [6.45, 7) is 6.55. The zero-order valence-electron chi connectivity index (χ0n) is 24.5. The summed E-state index contributed by atoms with van der Waals surface area (Å²) >= 11 is 1.28. The molecule has 5 aromatic rings. The molecule has 0 fully saturated rings. The van der Waals surface area contributed by atoms with Crippen LogP contribution in [0.4, 0.5) is 0 Å². The zero-order valence-corrected chi connectivity index (χ0v) is 25.3. The number of hydrogen-bond acceptors (Lipinski definition) is 7. The van der Waals surface area contributed by atoms with Gasteiger partial charge in [-0.05, 0) is 65.1 Å². The molecule has 4 aromatic carbocycles. The van der Waals surface area contributed by atoms with Crippen molar-refractivity contribution >= 4 is 23.9 Å². The topological polar surface area (TPSA) is 90.6 Å². The second-order valence-corrected chi connectivity index (χ2v) is 11.7. The van der Waals surface area contributed by atoms with Gasteiger partial charge in [-0.25, -0.2) is 5.43 Å². The number of ether oxygens (including phenoxy) is 2. The summed E-state index contributed by atoms with van der Waals surface area (Å²) in [6, 6.07) is 33.0. The van der Waals surface area contributed by atoms with E-state index in [2.05, 4.69) is 65.8 Å². The van der Waals surface area contributed by atoms with E-state index in [1.807, 2.05) is 83.4 Å². The van der Waals surface area contributed by atoms with Crippen LogP contribution >= 0.6 is 11.8 Å². The lowest BCUT2D eigenvalue weighted by Crippen LogP contribution is -2.20. The number of carbonyl (C=O) groups is 1. The predicted octanol–water partition coefficient (Wildman–Crippen LogP) is 7.28. The number of para-hydroxylation sites is 1. The summed E-state index contributed by atoms with van der Waals surface area (Å²) in [7, 11) is 1.63. The van der Waals surface area contributed by atoms with E-state index in [4.69, 9.17) is 9.47 Å². The number of nitrogens with one attached hydrogen (secondary N) is 1. The first-order valence-corrected chi connectivity index (χ1v) is 14.8. The van der Waals surface area contributed by atoms with Crippen molar-refractivity contribution in [2.45, 2.75) is 31.3 Å². The number of hydrazone groups is 1. The minimum absolute atomic E-state index is 0.0395. The van der Waals surface area contributed by atoms with E-state index in [9.17, 15) is 4.79 Å². The number of nitrogens with zero attached hydrogens (tertiary/aromatic N) is 4. The lowest BCUT2D eigenvalue weighted by molar-refractivity contribution is -0.118. The number of benzene rings is 4. The molecule has 0 radical (unpaired) electrons. The summed E-state index contributed by atoms with van der Waals surface area (Å²) in [4.78, 5) is 12.7. The number of thioether (sulfide) groups is 1. The average molecular weight is 592 g/mol. The quantitative estimate of drug-likeness (QED) is 0.104. The smallest absolute Gasteiger partial charge is 0.250 e. The Kier molecular flexibility index (Phi) is 9.22. The highest BCUT2D eigenvalue weighted by Gasteiger charge is 2.19. The molecule has 0 atom stereocenters. The molecule has 0 aliphatic rings. The Balaban J connectivity index is 1.28. The predicted molar refractivity (Wildman–Crippen MR) is 171 cm³/mol. The highest BCUT2D eigenvalue weighted by molar-refractivity contribution is 7.99. The molecule has 43 heavy (non-hydrogen) atoms. The maximum absolute atomic E-state index is 12.7. The van der Waals surface area contributed by atoms with Crippen LogP contribution in [0.2, 0.25) is 0 Å². The van der Waals surface area contributed by atoms with E-state index in [1.165, 1.54) is 17.3 Å². The van der Waals surface area contributed by atoms with Crippen molar-refractivity contribution in [2.75, 3.05) is 12.9 Å². The van der Waals surface area contributed by atoms with Crippen LogP contribution < -0.4 is 14.9 Å². The van der Waals surface area contributed by atoms with Gasteiger partial charge in [0.25, 0.3) is 5.91 Å². The summed E-state index contributed by atoms with van der Waals surface area (Å²) in [5.41, 5.74) is 6.45. The molecule has 0 bridgehead atoms. The molecule has 0 unspecified atom stereocenters. The third kappa shape index (κ3) is 7.69. The van der Waals surface area contributed by atoms with Gasteiger partial charge in [0.05, 0.1) is 19.1 Å². The second kappa shape index (κ2) is 13.4. The van der Waals surface area contributed by atoms with Gasteiger partial charge in [-0.3, -0.25) is 9.36 Å². The summed E-state index contributed by atoms with van der Waals surface area (Å²) in [5.74, 6) is 2.69. The van der Waals surface area contributed by atoms with Gasteiger partial charge in [-0.15, -0.1) is 10.2 Å². The van der Waals surface area contributed by atoms with Gasteiger partial charge < -0.3 is 9.47 Å². The molecule has 0 aliphatic carbocycles. The number of amides is 1. The first-order valence-electron chi connectivity index (χ1n) is 13.8. The zero-order chi connectivity index (χ0) is 30.2. The Morgan fingerprint density at radius 2 is 1.60 bits per heavy atom. The standard InChI is InChI=1S/C34H33N5O3S/c1-34(2,3)26-15-13-25(14-16-26)32-37-38-33(39(32)27-17-19-28(41-4)20-18-27)43-23-31(40)36-35-22-24-9-8-12-30(21-24)42-29-10-6-5-7-11-29/h5-22H,23H2,1-4H3,(H,36,40)/b35-22-. The number of aromatic nitrogens is 3. The average Bonchev–Trinajstić information content (AvgIpc) is 3.44. The summed E-state index contributed by atoms with van der Waals surface area (Å²) in [5, 5.41) is 13.7. The van der Waals surface area contributed by atoms with E-state index in [0.717, 1.165) is 28.3 Å². The Hall–Kier alpha value is -4.89. The Morgan fingerprint density at radius 3 is 2.30 bits per heavy atom. The van der Waals surface area contributed by atoms with Crippen LogP contribution in [0, 0.1) is 0 Å². The van der Waals surface area contributed by atoms with Gasteiger partial charge in [0.15, 0.2) is 11.0 Å². The monoisotopic (exact) mass is 591 g/mol. The van der Waals surface area contributed by atoms with Crippen molar-refractivity contribution in [1.29, 1.82) is 0 Å². The first kappa shape index (κ1) is 29.6. The van der Waals surface area contributed by atoms with Gasteiger partial charge in [0.2, 0.25) is 0 Å². The number of rotatable bonds is 10. The number of carbonyl (C=O) groups excluding carboxylic acids is 1. The molecule has 1 aromatic heterocycles. The van der Waals surface area contributed by atoms with Crippen molar-refractivity contribution in [1.82, 2.24) is 20.2 Å². The molecule has 5 rings (SSSR count). The fraction of sp³-hybridized carbons (Fsp3) is 0.176. The van der Waals surface area contributed by atoms with E-state index in [1.54, 1.807) is 13.3 Å². The van der Waals surface area contributed by atoms with Gasteiger partial charge >= 0.3 is 0 Å². The Bertz CT molecular complexity index is 1690.